The Morgan fingerprint density at radius 3 is 2.50 bits per heavy atom. The van der Waals surface area contributed by atoms with Crippen LogP contribution in [0.5, 0.6) is 0 Å². The van der Waals surface area contributed by atoms with Crippen molar-refractivity contribution in [2.75, 3.05) is 5.73 Å². The van der Waals surface area contributed by atoms with Gasteiger partial charge >= 0.3 is 0 Å². The monoisotopic (exact) mass is 248 g/mol. The SMILES string of the molecule is CCC(CC)C(C)NC(=O)c1cc(N)ccc1C. The topological polar surface area (TPSA) is 55.1 Å². The largest absolute Gasteiger partial charge is 0.399 e. The van der Waals surface area contributed by atoms with Gasteiger partial charge in [0.1, 0.15) is 0 Å². The molecule has 0 saturated heterocycles. The second kappa shape index (κ2) is 6.43. The van der Waals surface area contributed by atoms with Crippen molar-refractivity contribution < 1.29 is 4.79 Å². The lowest BCUT2D eigenvalue weighted by Gasteiger charge is -2.23. The first kappa shape index (κ1) is 14.6. The summed E-state index contributed by atoms with van der Waals surface area (Å²) < 4.78 is 0. The van der Waals surface area contributed by atoms with Crippen LogP contribution >= 0.6 is 0 Å². The van der Waals surface area contributed by atoms with Gasteiger partial charge in [-0.05, 0) is 37.5 Å². The molecule has 0 saturated carbocycles. The average molecular weight is 248 g/mol. The van der Waals surface area contributed by atoms with Crippen LogP contribution in [0.25, 0.3) is 0 Å². The van der Waals surface area contributed by atoms with E-state index in [0.717, 1.165) is 18.4 Å². The predicted octanol–water partition coefficient (Wildman–Crippen LogP) is 3.13. The molecule has 0 heterocycles. The molecule has 1 unspecified atom stereocenters. The Hall–Kier alpha value is -1.51. The molecule has 1 aromatic rings. The summed E-state index contributed by atoms with van der Waals surface area (Å²) in [6, 6.07) is 5.63. The van der Waals surface area contributed by atoms with Crippen molar-refractivity contribution in [2.45, 2.75) is 46.6 Å². The average Bonchev–Trinajstić information content (AvgIpc) is 2.33. The molecule has 0 aliphatic rings. The van der Waals surface area contributed by atoms with Crippen LogP contribution in [0, 0.1) is 12.8 Å². The van der Waals surface area contributed by atoms with Gasteiger partial charge in [-0.1, -0.05) is 32.8 Å². The molecule has 0 fully saturated rings. The van der Waals surface area contributed by atoms with Gasteiger partial charge in [-0.15, -0.1) is 0 Å². The predicted molar refractivity (Wildman–Crippen MR) is 76.6 cm³/mol. The maximum absolute atomic E-state index is 12.2. The number of carbonyl (C=O) groups is 1. The summed E-state index contributed by atoms with van der Waals surface area (Å²) in [5.74, 6) is 0.495. The summed E-state index contributed by atoms with van der Waals surface area (Å²) in [5, 5.41) is 3.07. The minimum absolute atomic E-state index is 0.0285. The minimum atomic E-state index is -0.0285. The Morgan fingerprint density at radius 1 is 1.33 bits per heavy atom. The van der Waals surface area contributed by atoms with E-state index in [0.29, 0.717) is 17.2 Å². The minimum Gasteiger partial charge on any atom is -0.399 e. The smallest absolute Gasteiger partial charge is 0.251 e. The molecule has 0 bridgehead atoms. The highest BCUT2D eigenvalue weighted by Gasteiger charge is 2.17. The quantitative estimate of drug-likeness (QED) is 0.787. The van der Waals surface area contributed by atoms with Crippen LogP contribution in [0.1, 0.15) is 49.5 Å². The van der Waals surface area contributed by atoms with Gasteiger partial charge in [0, 0.05) is 17.3 Å². The summed E-state index contributed by atoms with van der Waals surface area (Å²) >= 11 is 0. The van der Waals surface area contributed by atoms with Gasteiger partial charge < -0.3 is 11.1 Å². The molecule has 1 aromatic carbocycles. The van der Waals surface area contributed by atoms with E-state index in [-0.39, 0.29) is 11.9 Å². The molecule has 1 rings (SSSR count). The van der Waals surface area contributed by atoms with E-state index < -0.39 is 0 Å². The third-order valence-electron chi connectivity index (χ3n) is 3.62. The second-order valence-corrected chi connectivity index (χ2v) is 4.91. The Morgan fingerprint density at radius 2 is 1.94 bits per heavy atom. The van der Waals surface area contributed by atoms with Crippen molar-refractivity contribution in [1.82, 2.24) is 5.32 Å². The molecular weight excluding hydrogens is 224 g/mol. The highest BCUT2D eigenvalue weighted by Crippen LogP contribution is 2.16. The Balaban J connectivity index is 2.79. The molecule has 0 aliphatic carbocycles. The van der Waals surface area contributed by atoms with E-state index >= 15 is 0 Å². The third-order valence-corrected chi connectivity index (χ3v) is 3.62. The summed E-state index contributed by atoms with van der Waals surface area (Å²) in [4.78, 5) is 12.2. The standard InChI is InChI=1S/C15H24N2O/c1-5-12(6-2)11(4)17-15(18)14-9-13(16)8-7-10(14)3/h7-9,11-12H,5-6,16H2,1-4H3,(H,17,18). The van der Waals surface area contributed by atoms with Crippen LogP contribution in [0.2, 0.25) is 0 Å². The third kappa shape index (κ3) is 3.49. The highest BCUT2D eigenvalue weighted by atomic mass is 16.1. The zero-order valence-electron chi connectivity index (χ0n) is 11.8. The van der Waals surface area contributed by atoms with Crippen LogP contribution in [0.4, 0.5) is 5.69 Å². The number of hydrogen-bond acceptors (Lipinski definition) is 2. The lowest BCUT2D eigenvalue weighted by molar-refractivity contribution is 0.0924. The number of nitrogens with one attached hydrogen (secondary N) is 1. The molecule has 1 atom stereocenters. The fourth-order valence-electron chi connectivity index (χ4n) is 2.28. The Kier molecular flexibility index (Phi) is 5.20. The fraction of sp³-hybridized carbons (Fsp3) is 0.533. The summed E-state index contributed by atoms with van der Waals surface area (Å²) in [6.07, 6.45) is 2.15. The molecule has 0 aromatic heterocycles. The molecule has 1 amide bonds. The van der Waals surface area contributed by atoms with E-state index in [1.807, 2.05) is 19.1 Å². The molecule has 3 N–H and O–H groups in total. The number of hydrogen-bond donors (Lipinski definition) is 2. The molecule has 3 nitrogen and oxygen atoms in total. The summed E-state index contributed by atoms with van der Waals surface area (Å²) in [6.45, 7) is 8.30. The number of carbonyl (C=O) groups excluding carboxylic acids is 1. The van der Waals surface area contributed by atoms with Gasteiger partial charge in [-0.25, -0.2) is 0 Å². The van der Waals surface area contributed by atoms with Crippen LogP contribution in [0.15, 0.2) is 18.2 Å². The number of amides is 1. The number of nitrogen functional groups attached to an aromatic ring is 1. The van der Waals surface area contributed by atoms with Gasteiger partial charge in [0.2, 0.25) is 0 Å². The van der Waals surface area contributed by atoms with E-state index in [1.54, 1.807) is 6.07 Å². The number of benzene rings is 1. The van der Waals surface area contributed by atoms with Gasteiger partial charge in [0.15, 0.2) is 0 Å². The Labute approximate surface area is 110 Å². The first-order valence-electron chi connectivity index (χ1n) is 6.66. The number of aryl methyl sites for hydroxylation is 1. The van der Waals surface area contributed by atoms with Crippen molar-refractivity contribution in [3.05, 3.63) is 29.3 Å². The van der Waals surface area contributed by atoms with Crippen LogP contribution in [0.3, 0.4) is 0 Å². The van der Waals surface area contributed by atoms with Crippen molar-refractivity contribution in [1.29, 1.82) is 0 Å². The molecular formula is C15H24N2O. The van der Waals surface area contributed by atoms with Crippen molar-refractivity contribution in [2.24, 2.45) is 5.92 Å². The molecule has 100 valence electrons. The number of nitrogens with two attached hydrogens (primary N) is 1. The van der Waals surface area contributed by atoms with Crippen LogP contribution in [-0.4, -0.2) is 11.9 Å². The van der Waals surface area contributed by atoms with Crippen molar-refractivity contribution in [3.8, 4) is 0 Å². The number of anilines is 1. The molecule has 0 spiro atoms. The normalized spacial score (nSPS) is 12.5. The van der Waals surface area contributed by atoms with E-state index in [2.05, 4.69) is 26.1 Å². The maximum atomic E-state index is 12.2. The summed E-state index contributed by atoms with van der Waals surface area (Å²) in [7, 11) is 0. The Bertz CT molecular complexity index is 411. The van der Waals surface area contributed by atoms with Crippen molar-refractivity contribution in [3.63, 3.8) is 0 Å². The second-order valence-electron chi connectivity index (χ2n) is 4.91. The number of rotatable bonds is 5. The molecule has 3 heteroatoms. The molecule has 0 radical (unpaired) electrons. The highest BCUT2D eigenvalue weighted by molar-refractivity contribution is 5.96. The molecule has 0 aliphatic heterocycles. The van der Waals surface area contributed by atoms with Crippen molar-refractivity contribution >= 4 is 11.6 Å². The van der Waals surface area contributed by atoms with Gasteiger partial charge in [0.05, 0.1) is 0 Å². The first-order chi connectivity index (χ1) is 8.49. The molecule has 18 heavy (non-hydrogen) atoms. The lowest BCUT2D eigenvalue weighted by atomic mass is 9.95. The van der Waals surface area contributed by atoms with Gasteiger partial charge in [-0.3, -0.25) is 4.79 Å². The van der Waals surface area contributed by atoms with Gasteiger partial charge in [0.25, 0.3) is 5.91 Å². The summed E-state index contributed by atoms with van der Waals surface area (Å²) in [5.41, 5.74) is 7.98. The maximum Gasteiger partial charge on any atom is 0.251 e. The first-order valence-corrected chi connectivity index (χ1v) is 6.66. The fourth-order valence-corrected chi connectivity index (χ4v) is 2.28. The van der Waals surface area contributed by atoms with E-state index in [4.69, 9.17) is 5.73 Å². The zero-order chi connectivity index (χ0) is 13.7. The van der Waals surface area contributed by atoms with Gasteiger partial charge in [-0.2, -0.15) is 0 Å². The van der Waals surface area contributed by atoms with Crippen LogP contribution < -0.4 is 11.1 Å². The van der Waals surface area contributed by atoms with E-state index in [9.17, 15) is 4.79 Å². The van der Waals surface area contributed by atoms with E-state index in [1.165, 1.54) is 0 Å². The lowest BCUT2D eigenvalue weighted by Crippen LogP contribution is -2.38. The van der Waals surface area contributed by atoms with Crippen LogP contribution in [-0.2, 0) is 0 Å². The zero-order valence-corrected chi connectivity index (χ0v) is 11.8.